The van der Waals surface area contributed by atoms with E-state index in [1.807, 2.05) is 23.3 Å². The predicted molar refractivity (Wildman–Crippen MR) is 84.2 cm³/mol. The molecule has 2 atom stereocenters. The van der Waals surface area contributed by atoms with Crippen molar-refractivity contribution in [3.63, 3.8) is 0 Å². The first-order valence-corrected chi connectivity index (χ1v) is 8.71. The van der Waals surface area contributed by atoms with E-state index >= 15 is 0 Å². The normalized spacial score (nSPS) is 25.4. The molecule has 2 aliphatic rings. The van der Waals surface area contributed by atoms with Crippen LogP contribution >= 0.6 is 11.3 Å². The summed E-state index contributed by atoms with van der Waals surface area (Å²) in [5.74, 6) is 1.39. The van der Waals surface area contributed by atoms with Gasteiger partial charge in [-0.2, -0.15) is 11.3 Å². The second kappa shape index (κ2) is 5.56. The third-order valence-corrected chi connectivity index (χ3v) is 5.04. The van der Waals surface area contributed by atoms with Crippen molar-refractivity contribution in [3.05, 3.63) is 46.0 Å². The number of amides is 1. The van der Waals surface area contributed by atoms with Gasteiger partial charge in [-0.1, -0.05) is 0 Å². The monoisotopic (exact) mass is 317 g/mol. The highest BCUT2D eigenvalue weighted by molar-refractivity contribution is 7.07. The van der Waals surface area contributed by atoms with Crippen molar-refractivity contribution in [2.24, 2.45) is 0 Å². The topological polar surface area (TPSA) is 42.7 Å². The fraction of sp³-hybridized carbons (Fsp3) is 0.471. The Labute approximate surface area is 133 Å². The lowest BCUT2D eigenvalue weighted by molar-refractivity contribution is -0.0690. The minimum atomic E-state index is -0.0322. The number of nitrogens with zero attached hydrogens (tertiary/aromatic N) is 1. The van der Waals surface area contributed by atoms with Crippen LogP contribution < -0.4 is 0 Å². The molecule has 0 N–H and O–H groups in total. The van der Waals surface area contributed by atoms with Crippen LogP contribution in [0.15, 0.2) is 33.6 Å². The van der Waals surface area contributed by atoms with E-state index in [0.29, 0.717) is 19.0 Å². The van der Waals surface area contributed by atoms with Crippen molar-refractivity contribution in [2.75, 3.05) is 13.1 Å². The number of rotatable bonds is 3. The number of hydrogen-bond donors (Lipinski definition) is 0. The SMILES string of the molecule is C[C@H]1CN(C(=O)c2ccoc2C2CC2)C[C@H](c2ccsc2)O1. The van der Waals surface area contributed by atoms with Crippen molar-refractivity contribution in [1.29, 1.82) is 0 Å². The summed E-state index contributed by atoms with van der Waals surface area (Å²) in [5.41, 5.74) is 1.89. The summed E-state index contributed by atoms with van der Waals surface area (Å²) in [4.78, 5) is 14.8. The first kappa shape index (κ1) is 14.0. The number of furan rings is 1. The van der Waals surface area contributed by atoms with E-state index in [1.54, 1.807) is 17.6 Å². The summed E-state index contributed by atoms with van der Waals surface area (Å²) in [6.07, 6.45) is 3.91. The van der Waals surface area contributed by atoms with Gasteiger partial charge < -0.3 is 14.1 Å². The van der Waals surface area contributed by atoms with Gasteiger partial charge in [-0.05, 0) is 48.2 Å². The average Bonchev–Trinajstić information content (AvgIpc) is 3.04. The van der Waals surface area contributed by atoms with Gasteiger partial charge in [0.15, 0.2) is 0 Å². The molecular weight excluding hydrogens is 298 g/mol. The van der Waals surface area contributed by atoms with Crippen molar-refractivity contribution >= 4 is 17.2 Å². The number of ether oxygens (including phenoxy) is 1. The van der Waals surface area contributed by atoms with E-state index in [0.717, 1.165) is 29.7 Å². The largest absolute Gasteiger partial charge is 0.468 e. The molecule has 4 nitrogen and oxygen atoms in total. The lowest BCUT2D eigenvalue weighted by Crippen LogP contribution is -2.46. The Morgan fingerprint density at radius 2 is 2.18 bits per heavy atom. The number of carbonyl (C=O) groups is 1. The molecular formula is C17H19NO3S. The molecule has 2 fully saturated rings. The van der Waals surface area contributed by atoms with Crippen molar-refractivity contribution in [1.82, 2.24) is 4.90 Å². The fourth-order valence-electron chi connectivity index (χ4n) is 3.09. The Bertz CT molecular complexity index is 659. The summed E-state index contributed by atoms with van der Waals surface area (Å²) < 4.78 is 11.6. The standard InChI is InChI=1S/C17H19NO3S/c1-11-8-18(9-15(21-11)13-5-7-22-10-13)17(19)14-4-6-20-16(14)12-2-3-12/h4-7,10-12,15H,2-3,8-9H2,1H3/t11-,15+/m0/s1. The maximum atomic E-state index is 12.9. The van der Waals surface area contributed by atoms with Crippen LogP contribution in [0.3, 0.4) is 0 Å². The van der Waals surface area contributed by atoms with Crippen LogP contribution in [-0.4, -0.2) is 30.0 Å². The number of carbonyl (C=O) groups excluding carboxylic acids is 1. The second-order valence-electron chi connectivity index (χ2n) is 6.17. The smallest absolute Gasteiger partial charge is 0.257 e. The van der Waals surface area contributed by atoms with E-state index in [4.69, 9.17) is 9.15 Å². The summed E-state index contributed by atoms with van der Waals surface area (Å²) >= 11 is 1.66. The van der Waals surface area contributed by atoms with Crippen LogP contribution in [0, 0.1) is 0 Å². The van der Waals surface area contributed by atoms with E-state index in [9.17, 15) is 4.79 Å². The van der Waals surface area contributed by atoms with Gasteiger partial charge in [0.2, 0.25) is 0 Å². The Hall–Kier alpha value is -1.59. The summed E-state index contributed by atoms with van der Waals surface area (Å²) in [6.45, 7) is 3.26. The van der Waals surface area contributed by atoms with Crippen LogP contribution in [-0.2, 0) is 4.74 Å². The third-order valence-electron chi connectivity index (χ3n) is 4.34. The lowest BCUT2D eigenvalue weighted by Gasteiger charge is -2.36. The molecule has 1 aliphatic heterocycles. The summed E-state index contributed by atoms with van der Waals surface area (Å²) in [7, 11) is 0. The molecule has 0 spiro atoms. The van der Waals surface area contributed by atoms with Crippen LogP contribution in [0.1, 0.15) is 53.5 Å². The molecule has 2 aromatic heterocycles. The number of morpholine rings is 1. The molecule has 0 aromatic carbocycles. The van der Waals surface area contributed by atoms with E-state index < -0.39 is 0 Å². The summed E-state index contributed by atoms with van der Waals surface area (Å²) in [6, 6.07) is 3.89. The molecule has 2 aromatic rings. The van der Waals surface area contributed by atoms with Gasteiger partial charge in [0, 0.05) is 12.5 Å². The molecule has 22 heavy (non-hydrogen) atoms. The van der Waals surface area contributed by atoms with Crippen molar-refractivity contribution in [3.8, 4) is 0 Å². The molecule has 0 bridgehead atoms. The molecule has 0 radical (unpaired) electrons. The maximum absolute atomic E-state index is 12.9. The Morgan fingerprint density at radius 3 is 2.91 bits per heavy atom. The number of hydrogen-bond acceptors (Lipinski definition) is 4. The highest BCUT2D eigenvalue weighted by Crippen LogP contribution is 2.42. The highest BCUT2D eigenvalue weighted by Gasteiger charge is 2.35. The van der Waals surface area contributed by atoms with E-state index in [-0.39, 0.29) is 18.1 Å². The minimum absolute atomic E-state index is 0.0322. The Morgan fingerprint density at radius 1 is 1.32 bits per heavy atom. The van der Waals surface area contributed by atoms with E-state index in [1.165, 1.54) is 0 Å². The van der Waals surface area contributed by atoms with Gasteiger partial charge in [-0.15, -0.1) is 0 Å². The van der Waals surface area contributed by atoms with Gasteiger partial charge in [0.1, 0.15) is 11.9 Å². The van der Waals surface area contributed by atoms with Crippen LogP contribution in [0.5, 0.6) is 0 Å². The zero-order chi connectivity index (χ0) is 15.1. The van der Waals surface area contributed by atoms with Crippen LogP contribution in [0.2, 0.25) is 0 Å². The van der Waals surface area contributed by atoms with Crippen molar-refractivity contribution in [2.45, 2.75) is 37.9 Å². The van der Waals surface area contributed by atoms with Crippen LogP contribution in [0.4, 0.5) is 0 Å². The fourth-order valence-corrected chi connectivity index (χ4v) is 3.79. The maximum Gasteiger partial charge on any atom is 0.257 e. The van der Waals surface area contributed by atoms with Gasteiger partial charge in [0.25, 0.3) is 5.91 Å². The highest BCUT2D eigenvalue weighted by atomic mass is 32.1. The number of thiophene rings is 1. The molecule has 1 saturated carbocycles. The average molecular weight is 317 g/mol. The predicted octanol–water partition coefficient (Wildman–Crippen LogP) is 3.82. The van der Waals surface area contributed by atoms with Gasteiger partial charge in [-0.25, -0.2) is 0 Å². The van der Waals surface area contributed by atoms with E-state index in [2.05, 4.69) is 11.4 Å². The molecule has 3 heterocycles. The first-order chi connectivity index (χ1) is 10.7. The molecule has 4 rings (SSSR count). The van der Waals surface area contributed by atoms with Crippen molar-refractivity contribution < 1.29 is 13.9 Å². The zero-order valence-corrected chi connectivity index (χ0v) is 13.3. The lowest BCUT2D eigenvalue weighted by atomic mass is 10.1. The molecule has 0 unspecified atom stereocenters. The quantitative estimate of drug-likeness (QED) is 0.864. The van der Waals surface area contributed by atoms with Gasteiger partial charge in [-0.3, -0.25) is 4.79 Å². The molecule has 1 aliphatic carbocycles. The summed E-state index contributed by atoms with van der Waals surface area (Å²) in [5, 5.41) is 4.14. The Kier molecular flexibility index (Phi) is 3.54. The van der Waals surface area contributed by atoms with Gasteiger partial charge >= 0.3 is 0 Å². The molecule has 116 valence electrons. The molecule has 1 saturated heterocycles. The molecule has 5 heteroatoms. The first-order valence-electron chi connectivity index (χ1n) is 7.76. The minimum Gasteiger partial charge on any atom is -0.468 e. The van der Waals surface area contributed by atoms with Crippen LogP contribution in [0.25, 0.3) is 0 Å². The Balaban J connectivity index is 1.55. The third kappa shape index (κ3) is 2.59. The molecule has 1 amide bonds. The second-order valence-corrected chi connectivity index (χ2v) is 6.95. The zero-order valence-electron chi connectivity index (χ0n) is 12.5. The van der Waals surface area contributed by atoms with Gasteiger partial charge in [0.05, 0.1) is 24.5 Å².